The van der Waals surface area contributed by atoms with Crippen LogP contribution in [0.5, 0.6) is 0 Å². The number of aryl methyl sites for hydroxylation is 1. The molecule has 100 valence electrons. The molecule has 0 aliphatic rings. The molecule has 0 saturated heterocycles. The second kappa shape index (κ2) is 7.47. The molecule has 0 aliphatic carbocycles. The maximum atomic E-state index is 11.6. The molecule has 6 nitrogen and oxygen atoms in total. The molecule has 0 atom stereocenters. The lowest BCUT2D eigenvalue weighted by Gasteiger charge is -1.99. The molecule has 0 bridgehead atoms. The van der Waals surface area contributed by atoms with E-state index in [9.17, 15) is 9.59 Å². The zero-order chi connectivity index (χ0) is 13.4. The maximum absolute atomic E-state index is 11.6. The highest BCUT2D eigenvalue weighted by Gasteiger charge is 2.12. The first kappa shape index (κ1) is 14.2. The van der Waals surface area contributed by atoms with Crippen LogP contribution in [0.4, 0.5) is 0 Å². The van der Waals surface area contributed by atoms with Gasteiger partial charge in [-0.1, -0.05) is 18.5 Å². The van der Waals surface area contributed by atoms with Crippen molar-refractivity contribution in [3.63, 3.8) is 0 Å². The number of nitrogens with one attached hydrogen (secondary N) is 1. The Bertz CT molecular complexity index is 401. The van der Waals surface area contributed by atoms with Gasteiger partial charge in [0.05, 0.1) is 5.69 Å². The topological polar surface area (TPSA) is 92.4 Å². The van der Waals surface area contributed by atoms with Gasteiger partial charge in [0.25, 0.3) is 5.91 Å². The minimum atomic E-state index is -0.870. The minimum Gasteiger partial charge on any atom is -0.481 e. The lowest BCUT2D eigenvalue weighted by Crippen LogP contribution is -2.24. The van der Waals surface area contributed by atoms with Crippen molar-refractivity contribution in [2.24, 2.45) is 0 Å². The summed E-state index contributed by atoms with van der Waals surface area (Å²) in [5.41, 5.74) is 0.771. The van der Waals surface area contributed by atoms with E-state index >= 15 is 0 Å². The normalized spacial score (nSPS) is 10.3. The third-order valence-corrected chi connectivity index (χ3v) is 2.42. The summed E-state index contributed by atoms with van der Waals surface area (Å²) in [6.45, 7) is 2.40. The number of amides is 1. The van der Waals surface area contributed by atoms with Crippen LogP contribution in [-0.4, -0.2) is 28.7 Å². The maximum Gasteiger partial charge on any atom is 0.303 e. The third kappa shape index (κ3) is 4.99. The zero-order valence-electron chi connectivity index (χ0n) is 10.4. The molecule has 1 aromatic rings. The van der Waals surface area contributed by atoms with Crippen molar-refractivity contribution >= 4 is 11.9 Å². The van der Waals surface area contributed by atoms with Gasteiger partial charge in [0, 0.05) is 19.0 Å². The molecule has 1 aromatic heterocycles. The fourth-order valence-electron chi connectivity index (χ4n) is 1.42. The van der Waals surface area contributed by atoms with Crippen molar-refractivity contribution in [2.75, 3.05) is 6.54 Å². The number of carboxylic acids is 1. The molecular weight excluding hydrogens is 236 g/mol. The predicted molar refractivity (Wildman–Crippen MR) is 64.3 cm³/mol. The van der Waals surface area contributed by atoms with Crippen LogP contribution in [-0.2, 0) is 11.2 Å². The highest BCUT2D eigenvalue weighted by atomic mass is 16.5. The summed E-state index contributed by atoms with van der Waals surface area (Å²) in [5.74, 6) is -1.04. The summed E-state index contributed by atoms with van der Waals surface area (Å²) in [4.78, 5) is 21.9. The Morgan fingerprint density at radius 1 is 1.44 bits per heavy atom. The Labute approximate surface area is 105 Å². The molecule has 0 aliphatic heterocycles. The van der Waals surface area contributed by atoms with Crippen molar-refractivity contribution in [2.45, 2.75) is 39.0 Å². The lowest BCUT2D eigenvalue weighted by molar-refractivity contribution is -0.137. The van der Waals surface area contributed by atoms with E-state index < -0.39 is 5.97 Å². The Balaban J connectivity index is 2.32. The molecule has 18 heavy (non-hydrogen) atoms. The summed E-state index contributed by atoms with van der Waals surface area (Å²) in [5, 5.41) is 14.8. The SMILES string of the molecule is CCCCc1cc(C(=O)NCCCC(=O)O)on1. The Morgan fingerprint density at radius 3 is 2.89 bits per heavy atom. The molecule has 0 radical (unpaired) electrons. The van der Waals surface area contributed by atoms with Crippen molar-refractivity contribution in [1.29, 1.82) is 0 Å². The highest BCUT2D eigenvalue weighted by molar-refractivity contribution is 5.91. The largest absolute Gasteiger partial charge is 0.481 e. The number of carboxylic acid groups (broad SMARTS) is 1. The molecule has 0 aromatic carbocycles. The Hall–Kier alpha value is -1.85. The van der Waals surface area contributed by atoms with Gasteiger partial charge in [-0.2, -0.15) is 0 Å². The molecule has 6 heteroatoms. The highest BCUT2D eigenvalue weighted by Crippen LogP contribution is 2.07. The van der Waals surface area contributed by atoms with Crippen molar-refractivity contribution in [3.05, 3.63) is 17.5 Å². The summed E-state index contributed by atoms with van der Waals surface area (Å²) < 4.78 is 4.92. The van der Waals surface area contributed by atoms with Gasteiger partial charge in [0.1, 0.15) is 0 Å². The van der Waals surface area contributed by atoms with Crippen LogP contribution in [0.1, 0.15) is 48.9 Å². The van der Waals surface area contributed by atoms with Gasteiger partial charge in [-0.25, -0.2) is 0 Å². The van der Waals surface area contributed by atoms with E-state index in [0.717, 1.165) is 25.0 Å². The quantitative estimate of drug-likeness (QED) is 0.687. The summed E-state index contributed by atoms with van der Waals surface area (Å²) in [7, 11) is 0. The molecule has 1 rings (SSSR count). The smallest absolute Gasteiger partial charge is 0.303 e. The van der Waals surface area contributed by atoms with Crippen LogP contribution in [0.3, 0.4) is 0 Å². The molecule has 0 fully saturated rings. The zero-order valence-corrected chi connectivity index (χ0v) is 10.4. The van der Waals surface area contributed by atoms with Crippen LogP contribution < -0.4 is 5.32 Å². The van der Waals surface area contributed by atoms with Crippen LogP contribution >= 0.6 is 0 Å². The summed E-state index contributed by atoms with van der Waals surface area (Å²) >= 11 is 0. The van der Waals surface area contributed by atoms with E-state index in [1.807, 2.05) is 0 Å². The molecule has 1 amide bonds. The standard InChI is InChI=1S/C12H18N2O4/c1-2-3-5-9-8-10(18-14-9)12(17)13-7-4-6-11(15)16/h8H,2-7H2,1H3,(H,13,17)(H,15,16). The van der Waals surface area contributed by atoms with Crippen molar-refractivity contribution in [3.8, 4) is 0 Å². The van der Waals surface area contributed by atoms with Crippen LogP contribution in [0.2, 0.25) is 0 Å². The average Bonchev–Trinajstić information content (AvgIpc) is 2.80. The van der Waals surface area contributed by atoms with Crippen LogP contribution in [0.25, 0.3) is 0 Å². The predicted octanol–water partition coefficient (Wildman–Crippen LogP) is 1.61. The van der Waals surface area contributed by atoms with E-state index in [1.54, 1.807) is 6.07 Å². The molecule has 0 saturated carbocycles. The second-order valence-electron chi connectivity index (χ2n) is 4.04. The Kier molecular flexibility index (Phi) is 5.90. The van der Waals surface area contributed by atoms with Gasteiger partial charge in [0.15, 0.2) is 0 Å². The van der Waals surface area contributed by atoms with E-state index in [4.69, 9.17) is 9.63 Å². The molecular formula is C12H18N2O4. The van der Waals surface area contributed by atoms with Gasteiger partial charge in [-0.15, -0.1) is 0 Å². The number of aromatic nitrogens is 1. The molecule has 1 heterocycles. The van der Waals surface area contributed by atoms with Gasteiger partial charge in [-0.05, 0) is 19.3 Å². The number of unbranched alkanes of at least 4 members (excludes halogenated alkanes) is 1. The van der Waals surface area contributed by atoms with Crippen molar-refractivity contribution in [1.82, 2.24) is 10.5 Å². The molecule has 2 N–H and O–H groups in total. The lowest BCUT2D eigenvalue weighted by atomic mass is 10.2. The third-order valence-electron chi connectivity index (χ3n) is 2.42. The summed E-state index contributed by atoms with van der Waals surface area (Å²) in [6.07, 6.45) is 3.30. The van der Waals surface area contributed by atoms with E-state index in [0.29, 0.717) is 13.0 Å². The number of carbonyl (C=O) groups excluding carboxylic acids is 1. The average molecular weight is 254 g/mol. The van der Waals surface area contributed by atoms with Gasteiger partial charge < -0.3 is 14.9 Å². The molecule has 0 unspecified atom stereocenters. The fourth-order valence-corrected chi connectivity index (χ4v) is 1.42. The van der Waals surface area contributed by atoms with Crippen LogP contribution in [0.15, 0.2) is 10.6 Å². The van der Waals surface area contributed by atoms with Gasteiger partial charge >= 0.3 is 5.97 Å². The number of aliphatic carboxylic acids is 1. The van der Waals surface area contributed by atoms with E-state index in [-0.39, 0.29) is 18.1 Å². The minimum absolute atomic E-state index is 0.0401. The van der Waals surface area contributed by atoms with Crippen molar-refractivity contribution < 1.29 is 19.2 Å². The van der Waals surface area contributed by atoms with Gasteiger partial charge in [0.2, 0.25) is 5.76 Å². The summed E-state index contributed by atoms with van der Waals surface area (Å²) in [6, 6.07) is 1.63. The van der Waals surface area contributed by atoms with E-state index in [1.165, 1.54) is 0 Å². The van der Waals surface area contributed by atoms with Gasteiger partial charge in [-0.3, -0.25) is 9.59 Å². The number of nitrogens with zero attached hydrogens (tertiary/aromatic N) is 1. The first-order chi connectivity index (χ1) is 8.63. The fraction of sp³-hybridized carbons (Fsp3) is 0.583. The number of hydrogen-bond acceptors (Lipinski definition) is 4. The number of hydrogen-bond donors (Lipinski definition) is 2. The number of carbonyl (C=O) groups is 2. The first-order valence-corrected chi connectivity index (χ1v) is 6.09. The van der Waals surface area contributed by atoms with E-state index in [2.05, 4.69) is 17.4 Å². The van der Waals surface area contributed by atoms with Crippen LogP contribution in [0, 0.1) is 0 Å². The second-order valence-corrected chi connectivity index (χ2v) is 4.04. The Morgan fingerprint density at radius 2 is 2.22 bits per heavy atom. The first-order valence-electron chi connectivity index (χ1n) is 6.09. The number of rotatable bonds is 8. The monoisotopic (exact) mass is 254 g/mol. The molecule has 0 spiro atoms.